The van der Waals surface area contributed by atoms with Gasteiger partial charge in [-0.05, 0) is 26.0 Å². The van der Waals surface area contributed by atoms with Crippen LogP contribution in [0.25, 0.3) is 10.6 Å². The molecule has 1 amide bonds. The lowest BCUT2D eigenvalue weighted by atomic mass is 10.2. The Labute approximate surface area is 144 Å². The molecule has 0 unspecified atom stereocenters. The highest BCUT2D eigenvalue weighted by molar-refractivity contribution is 7.17. The lowest BCUT2D eigenvalue weighted by molar-refractivity contribution is 0.102. The first-order chi connectivity index (χ1) is 11.7. The van der Waals surface area contributed by atoms with E-state index in [1.807, 2.05) is 44.2 Å². The predicted octanol–water partition coefficient (Wildman–Crippen LogP) is 4.16. The van der Waals surface area contributed by atoms with Crippen molar-refractivity contribution in [1.29, 1.82) is 0 Å². The van der Waals surface area contributed by atoms with Crippen LogP contribution in [0.15, 0.2) is 48.7 Å². The number of rotatable bonds is 5. The summed E-state index contributed by atoms with van der Waals surface area (Å²) in [6.45, 7) is 4.20. The third-order valence-corrected chi connectivity index (χ3v) is 4.53. The largest absolute Gasteiger partial charge is 0.476 e. The summed E-state index contributed by atoms with van der Waals surface area (Å²) in [5, 5.41) is 3.69. The van der Waals surface area contributed by atoms with Gasteiger partial charge in [0.25, 0.3) is 5.91 Å². The normalized spacial score (nSPS) is 10.4. The molecule has 2 heterocycles. The van der Waals surface area contributed by atoms with Crippen LogP contribution in [-0.4, -0.2) is 22.5 Å². The number of amides is 1. The number of aryl methyl sites for hydroxylation is 1. The summed E-state index contributed by atoms with van der Waals surface area (Å²) in [5.41, 5.74) is 2.26. The fourth-order valence-corrected chi connectivity index (χ4v) is 3.20. The molecule has 5 nitrogen and oxygen atoms in total. The quantitative estimate of drug-likeness (QED) is 0.758. The summed E-state index contributed by atoms with van der Waals surface area (Å²) in [7, 11) is 0. The number of hydrogen-bond acceptors (Lipinski definition) is 5. The minimum Gasteiger partial charge on any atom is -0.476 e. The number of anilines is 1. The van der Waals surface area contributed by atoms with Crippen LogP contribution in [0.3, 0.4) is 0 Å². The van der Waals surface area contributed by atoms with Crippen molar-refractivity contribution in [1.82, 2.24) is 9.97 Å². The van der Waals surface area contributed by atoms with Crippen molar-refractivity contribution < 1.29 is 9.53 Å². The summed E-state index contributed by atoms with van der Waals surface area (Å²) in [6, 6.07) is 13.3. The molecule has 0 fully saturated rings. The van der Waals surface area contributed by atoms with Crippen LogP contribution in [0.5, 0.6) is 5.88 Å². The van der Waals surface area contributed by atoms with E-state index in [9.17, 15) is 4.79 Å². The van der Waals surface area contributed by atoms with Crippen molar-refractivity contribution in [2.24, 2.45) is 0 Å². The van der Waals surface area contributed by atoms with Crippen molar-refractivity contribution in [3.05, 3.63) is 59.2 Å². The molecule has 0 saturated heterocycles. The van der Waals surface area contributed by atoms with E-state index in [0.717, 1.165) is 10.6 Å². The van der Waals surface area contributed by atoms with Gasteiger partial charge in [-0.1, -0.05) is 30.3 Å². The Morgan fingerprint density at radius 1 is 1.21 bits per heavy atom. The lowest BCUT2D eigenvalue weighted by Gasteiger charge is -2.09. The molecule has 0 aliphatic heterocycles. The van der Waals surface area contributed by atoms with Crippen molar-refractivity contribution >= 4 is 22.9 Å². The zero-order valence-corrected chi connectivity index (χ0v) is 14.3. The average molecular weight is 339 g/mol. The van der Waals surface area contributed by atoms with E-state index in [-0.39, 0.29) is 5.91 Å². The molecular formula is C18H17N3O2S. The van der Waals surface area contributed by atoms with E-state index in [0.29, 0.717) is 28.7 Å². The zero-order chi connectivity index (χ0) is 16.9. The molecule has 6 heteroatoms. The number of aromatic nitrogens is 2. The Hall–Kier alpha value is -2.73. The number of pyridine rings is 1. The Balaban J connectivity index is 1.85. The molecule has 1 N–H and O–H groups in total. The molecule has 0 bridgehead atoms. The second-order valence-corrected chi connectivity index (χ2v) is 6.04. The highest BCUT2D eigenvalue weighted by Gasteiger charge is 2.18. The van der Waals surface area contributed by atoms with Gasteiger partial charge in [0.15, 0.2) is 0 Å². The van der Waals surface area contributed by atoms with Crippen molar-refractivity contribution in [3.63, 3.8) is 0 Å². The number of nitrogens with one attached hydrogen (secondary N) is 1. The molecule has 0 spiro atoms. The van der Waals surface area contributed by atoms with Crippen molar-refractivity contribution in [2.75, 3.05) is 11.9 Å². The fraction of sp³-hybridized carbons (Fsp3) is 0.167. The first-order valence-corrected chi connectivity index (χ1v) is 8.42. The van der Waals surface area contributed by atoms with Crippen LogP contribution in [-0.2, 0) is 0 Å². The maximum absolute atomic E-state index is 12.6. The molecule has 1 aromatic carbocycles. The summed E-state index contributed by atoms with van der Waals surface area (Å²) >= 11 is 1.37. The first kappa shape index (κ1) is 16.1. The molecule has 3 aromatic rings. The first-order valence-electron chi connectivity index (χ1n) is 7.61. The Bertz CT molecular complexity index is 846. The summed E-state index contributed by atoms with van der Waals surface area (Å²) < 4.78 is 5.44. The monoisotopic (exact) mass is 339 g/mol. The molecule has 3 rings (SSSR count). The van der Waals surface area contributed by atoms with Gasteiger partial charge >= 0.3 is 0 Å². The van der Waals surface area contributed by atoms with Crippen LogP contribution >= 0.6 is 11.3 Å². The number of carbonyl (C=O) groups excluding carboxylic acids is 1. The standard InChI is InChI=1S/C18H17N3O2S/c1-3-23-17-14(10-7-11-19-17)21-16(22)15-12(2)20-18(24-15)13-8-5-4-6-9-13/h4-11H,3H2,1-2H3,(H,21,22). The minimum absolute atomic E-state index is 0.207. The maximum atomic E-state index is 12.6. The van der Waals surface area contributed by atoms with Crippen LogP contribution < -0.4 is 10.1 Å². The van der Waals surface area contributed by atoms with E-state index >= 15 is 0 Å². The van der Waals surface area contributed by atoms with E-state index in [1.165, 1.54) is 11.3 Å². The van der Waals surface area contributed by atoms with Gasteiger partial charge in [-0.2, -0.15) is 0 Å². The Kier molecular flexibility index (Phi) is 4.86. The van der Waals surface area contributed by atoms with E-state index in [1.54, 1.807) is 18.3 Å². The molecule has 0 radical (unpaired) electrons. The smallest absolute Gasteiger partial charge is 0.267 e. The molecule has 0 atom stereocenters. The van der Waals surface area contributed by atoms with E-state index in [4.69, 9.17) is 4.74 Å². The molecule has 0 aliphatic carbocycles. The van der Waals surface area contributed by atoms with Crippen molar-refractivity contribution in [3.8, 4) is 16.5 Å². The van der Waals surface area contributed by atoms with Gasteiger partial charge in [-0.15, -0.1) is 11.3 Å². The summed E-state index contributed by atoms with van der Waals surface area (Å²) in [4.78, 5) is 21.8. The third-order valence-electron chi connectivity index (χ3n) is 3.32. The van der Waals surface area contributed by atoms with Gasteiger partial charge < -0.3 is 10.1 Å². The fourth-order valence-electron chi connectivity index (χ4n) is 2.23. The predicted molar refractivity (Wildman–Crippen MR) is 95.6 cm³/mol. The Morgan fingerprint density at radius 3 is 2.75 bits per heavy atom. The number of ether oxygens (including phenoxy) is 1. The van der Waals surface area contributed by atoms with Crippen LogP contribution in [0.2, 0.25) is 0 Å². The maximum Gasteiger partial charge on any atom is 0.267 e. The van der Waals surface area contributed by atoms with Gasteiger partial charge in [0, 0.05) is 11.8 Å². The molecule has 0 saturated carbocycles. The number of nitrogens with zero attached hydrogens (tertiary/aromatic N) is 2. The summed E-state index contributed by atoms with van der Waals surface area (Å²) in [6.07, 6.45) is 1.63. The van der Waals surface area contributed by atoms with E-state index in [2.05, 4.69) is 15.3 Å². The van der Waals surface area contributed by atoms with Gasteiger partial charge in [-0.3, -0.25) is 4.79 Å². The SMILES string of the molecule is CCOc1ncccc1NC(=O)c1sc(-c2ccccc2)nc1C. The molecule has 24 heavy (non-hydrogen) atoms. The van der Waals surface area contributed by atoms with Crippen LogP contribution in [0.1, 0.15) is 22.3 Å². The van der Waals surface area contributed by atoms with Gasteiger partial charge in [-0.25, -0.2) is 9.97 Å². The average Bonchev–Trinajstić information content (AvgIpc) is 3.00. The number of benzene rings is 1. The minimum atomic E-state index is -0.207. The number of thiazole rings is 1. The Morgan fingerprint density at radius 2 is 2.00 bits per heavy atom. The topological polar surface area (TPSA) is 64.1 Å². The molecule has 2 aromatic heterocycles. The highest BCUT2D eigenvalue weighted by atomic mass is 32.1. The van der Waals surface area contributed by atoms with Crippen LogP contribution in [0, 0.1) is 6.92 Å². The second kappa shape index (κ2) is 7.23. The van der Waals surface area contributed by atoms with Gasteiger partial charge in [0.2, 0.25) is 5.88 Å². The van der Waals surface area contributed by atoms with E-state index < -0.39 is 0 Å². The second-order valence-electron chi connectivity index (χ2n) is 5.04. The van der Waals surface area contributed by atoms with Gasteiger partial charge in [0.05, 0.1) is 12.3 Å². The molecule has 0 aliphatic rings. The third kappa shape index (κ3) is 3.44. The lowest BCUT2D eigenvalue weighted by Crippen LogP contribution is -2.13. The molecule has 122 valence electrons. The zero-order valence-electron chi connectivity index (χ0n) is 13.4. The van der Waals surface area contributed by atoms with Crippen molar-refractivity contribution in [2.45, 2.75) is 13.8 Å². The molecular weight excluding hydrogens is 322 g/mol. The highest BCUT2D eigenvalue weighted by Crippen LogP contribution is 2.29. The summed E-state index contributed by atoms with van der Waals surface area (Å²) in [5.74, 6) is 0.208. The van der Waals surface area contributed by atoms with Gasteiger partial charge in [0.1, 0.15) is 15.6 Å². The van der Waals surface area contributed by atoms with Crippen LogP contribution in [0.4, 0.5) is 5.69 Å². The number of hydrogen-bond donors (Lipinski definition) is 1. The number of carbonyl (C=O) groups is 1.